The third-order valence-corrected chi connectivity index (χ3v) is 5.31. The van der Waals surface area contributed by atoms with Crippen molar-refractivity contribution in [1.29, 1.82) is 0 Å². The van der Waals surface area contributed by atoms with Crippen LogP contribution in [-0.2, 0) is 4.74 Å². The van der Waals surface area contributed by atoms with Crippen molar-refractivity contribution in [2.24, 2.45) is 0 Å². The Morgan fingerprint density at radius 3 is 2.58 bits per heavy atom. The summed E-state index contributed by atoms with van der Waals surface area (Å²) in [5.74, 6) is 0. The molecule has 1 aromatic carbocycles. The minimum atomic E-state index is -0.394. The number of nitro groups is 1. The van der Waals surface area contributed by atoms with E-state index in [4.69, 9.17) is 16.3 Å². The summed E-state index contributed by atoms with van der Waals surface area (Å²) < 4.78 is 5.63. The molecule has 1 unspecified atom stereocenters. The predicted octanol–water partition coefficient (Wildman–Crippen LogP) is 3.25. The molecule has 0 spiro atoms. The molecular weight excluding hydrogens is 330 g/mol. The van der Waals surface area contributed by atoms with Gasteiger partial charge in [0.25, 0.3) is 5.69 Å². The largest absolute Gasteiger partial charge is 0.376 e. The molecule has 0 N–H and O–H groups in total. The fourth-order valence-electron chi connectivity index (χ4n) is 3.86. The normalized spacial score (nSPS) is 23.5. The lowest BCUT2D eigenvalue weighted by Gasteiger charge is -2.42. The van der Waals surface area contributed by atoms with Gasteiger partial charge >= 0.3 is 0 Å². The van der Waals surface area contributed by atoms with Crippen molar-refractivity contribution in [2.45, 2.75) is 38.8 Å². The Morgan fingerprint density at radius 2 is 2.00 bits per heavy atom. The van der Waals surface area contributed by atoms with Crippen LogP contribution >= 0.6 is 11.6 Å². The lowest BCUT2D eigenvalue weighted by Crippen LogP contribution is -2.51. The van der Waals surface area contributed by atoms with E-state index >= 15 is 0 Å². The Hall–Kier alpha value is -1.37. The van der Waals surface area contributed by atoms with Gasteiger partial charge in [0.05, 0.1) is 28.3 Å². The highest BCUT2D eigenvalue weighted by atomic mass is 35.5. The van der Waals surface area contributed by atoms with E-state index in [1.165, 1.54) is 6.07 Å². The van der Waals surface area contributed by atoms with Crippen LogP contribution in [0.4, 0.5) is 11.4 Å². The number of morpholine rings is 1. The Bertz CT molecular complexity index is 594. The SMILES string of the molecule is Cc1cc([N+](=O)[O-])cc(Cl)c1N1CCC(N2CCOC(C)C2)CC1. The quantitative estimate of drug-likeness (QED) is 0.616. The number of ether oxygens (including phenoxy) is 1. The highest BCUT2D eigenvalue weighted by molar-refractivity contribution is 6.33. The van der Waals surface area contributed by atoms with Crippen LogP contribution in [0.3, 0.4) is 0 Å². The molecule has 6 nitrogen and oxygen atoms in total. The minimum Gasteiger partial charge on any atom is -0.376 e. The minimum absolute atomic E-state index is 0.0541. The third kappa shape index (κ3) is 3.66. The molecule has 2 heterocycles. The van der Waals surface area contributed by atoms with Crippen LogP contribution in [0, 0.1) is 17.0 Å². The molecule has 2 fully saturated rings. The number of anilines is 1. The van der Waals surface area contributed by atoms with Crippen molar-refractivity contribution in [3.05, 3.63) is 32.8 Å². The molecule has 2 aliphatic rings. The van der Waals surface area contributed by atoms with E-state index < -0.39 is 4.92 Å². The average Bonchev–Trinajstić information content (AvgIpc) is 2.54. The summed E-state index contributed by atoms with van der Waals surface area (Å²) in [6.45, 7) is 8.69. The molecule has 0 saturated carbocycles. The van der Waals surface area contributed by atoms with Crippen LogP contribution in [0.5, 0.6) is 0 Å². The Balaban J connectivity index is 1.67. The molecule has 3 rings (SSSR count). The molecule has 7 heteroatoms. The second-order valence-corrected chi connectivity index (χ2v) is 7.15. The zero-order valence-corrected chi connectivity index (χ0v) is 15.0. The number of nitrogens with zero attached hydrogens (tertiary/aromatic N) is 3. The van der Waals surface area contributed by atoms with Gasteiger partial charge in [-0.05, 0) is 32.3 Å². The van der Waals surface area contributed by atoms with E-state index in [-0.39, 0.29) is 5.69 Å². The van der Waals surface area contributed by atoms with Crippen molar-refractivity contribution in [3.63, 3.8) is 0 Å². The van der Waals surface area contributed by atoms with Crippen LogP contribution in [0.25, 0.3) is 0 Å². The molecule has 2 aliphatic heterocycles. The van der Waals surface area contributed by atoms with Crippen molar-refractivity contribution in [3.8, 4) is 0 Å². The Morgan fingerprint density at radius 1 is 1.29 bits per heavy atom. The molecule has 0 radical (unpaired) electrons. The molecule has 0 aliphatic carbocycles. The van der Waals surface area contributed by atoms with Gasteiger partial charge in [-0.25, -0.2) is 0 Å². The molecule has 0 aromatic heterocycles. The molecule has 2 saturated heterocycles. The first-order valence-corrected chi connectivity index (χ1v) is 8.88. The van der Waals surface area contributed by atoms with Gasteiger partial charge in [-0.15, -0.1) is 0 Å². The number of piperidine rings is 1. The van der Waals surface area contributed by atoms with Crippen LogP contribution in [0.1, 0.15) is 25.3 Å². The Kier molecular flexibility index (Phi) is 5.27. The highest BCUT2D eigenvalue weighted by Crippen LogP contribution is 2.35. The van der Waals surface area contributed by atoms with Crippen molar-refractivity contribution < 1.29 is 9.66 Å². The monoisotopic (exact) mass is 353 g/mol. The number of rotatable bonds is 3. The molecule has 1 aromatic rings. The van der Waals surface area contributed by atoms with Crippen molar-refractivity contribution >= 4 is 23.0 Å². The first-order chi connectivity index (χ1) is 11.5. The van der Waals surface area contributed by atoms with Gasteiger partial charge in [0.2, 0.25) is 0 Å². The first-order valence-electron chi connectivity index (χ1n) is 8.51. The topological polar surface area (TPSA) is 58.9 Å². The molecule has 1 atom stereocenters. The smallest absolute Gasteiger partial charge is 0.271 e. The van der Waals surface area contributed by atoms with Gasteiger partial charge in [0, 0.05) is 44.4 Å². The van der Waals surface area contributed by atoms with Gasteiger partial charge in [-0.1, -0.05) is 11.6 Å². The van der Waals surface area contributed by atoms with E-state index in [1.54, 1.807) is 6.07 Å². The summed E-state index contributed by atoms with van der Waals surface area (Å²) in [4.78, 5) is 15.4. The second kappa shape index (κ2) is 7.25. The second-order valence-electron chi connectivity index (χ2n) is 6.74. The fourth-order valence-corrected chi connectivity index (χ4v) is 4.24. The zero-order valence-electron chi connectivity index (χ0n) is 14.2. The van der Waals surface area contributed by atoms with Gasteiger partial charge in [0.1, 0.15) is 0 Å². The van der Waals surface area contributed by atoms with Crippen molar-refractivity contribution in [1.82, 2.24) is 4.90 Å². The van der Waals surface area contributed by atoms with Gasteiger partial charge in [0.15, 0.2) is 0 Å². The van der Waals surface area contributed by atoms with Crippen LogP contribution in [0.15, 0.2) is 12.1 Å². The van der Waals surface area contributed by atoms with E-state index in [1.807, 2.05) is 6.92 Å². The summed E-state index contributed by atoms with van der Waals surface area (Å²) in [5.41, 5.74) is 1.86. The standard InChI is InChI=1S/C17H24ClN3O3/c1-12-9-15(21(22)23)10-16(18)17(12)19-5-3-14(4-6-19)20-7-8-24-13(2)11-20/h9-10,13-14H,3-8,11H2,1-2H3. The number of hydrogen-bond donors (Lipinski definition) is 0. The third-order valence-electron chi connectivity index (χ3n) is 5.02. The predicted molar refractivity (Wildman–Crippen MR) is 95.1 cm³/mol. The number of halogens is 1. The zero-order chi connectivity index (χ0) is 17.3. The van der Waals surface area contributed by atoms with E-state index in [2.05, 4.69) is 16.7 Å². The Labute approximate surface area is 147 Å². The molecule has 132 valence electrons. The number of nitro benzene ring substituents is 1. The maximum absolute atomic E-state index is 11.0. The average molecular weight is 354 g/mol. The summed E-state index contributed by atoms with van der Waals surface area (Å²) in [5, 5.41) is 11.4. The number of non-ortho nitro benzene ring substituents is 1. The summed E-state index contributed by atoms with van der Waals surface area (Å²) in [7, 11) is 0. The van der Waals surface area contributed by atoms with Gasteiger partial charge in [-0.2, -0.15) is 0 Å². The van der Waals surface area contributed by atoms with E-state index in [0.717, 1.165) is 56.9 Å². The van der Waals surface area contributed by atoms with E-state index in [0.29, 0.717) is 17.2 Å². The molecule has 0 bridgehead atoms. The van der Waals surface area contributed by atoms with Gasteiger partial charge in [-0.3, -0.25) is 15.0 Å². The lowest BCUT2D eigenvalue weighted by atomic mass is 10.0. The highest BCUT2D eigenvalue weighted by Gasteiger charge is 2.29. The number of hydrogen-bond acceptors (Lipinski definition) is 5. The fraction of sp³-hybridized carbons (Fsp3) is 0.647. The number of benzene rings is 1. The summed E-state index contributed by atoms with van der Waals surface area (Å²) in [6, 6.07) is 3.65. The van der Waals surface area contributed by atoms with Gasteiger partial charge < -0.3 is 9.64 Å². The molecule has 0 amide bonds. The van der Waals surface area contributed by atoms with E-state index in [9.17, 15) is 10.1 Å². The summed E-state index contributed by atoms with van der Waals surface area (Å²) in [6.07, 6.45) is 2.47. The lowest BCUT2D eigenvalue weighted by molar-refractivity contribution is -0.384. The van der Waals surface area contributed by atoms with Crippen LogP contribution < -0.4 is 4.90 Å². The van der Waals surface area contributed by atoms with Crippen LogP contribution in [-0.4, -0.2) is 54.8 Å². The maximum atomic E-state index is 11.0. The maximum Gasteiger partial charge on any atom is 0.271 e. The van der Waals surface area contributed by atoms with Crippen molar-refractivity contribution in [2.75, 3.05) is 37.7 Å². The molecular formula is C17H24ClN3O3. The first kappa shape index (κ1) is 17.5. The number of aryl methyl sites for hydroxylation is 1. The molecule has 24 heavy (non-hydrogen) atoms. The summed E-state index contributed by atoms with van der Waals surface area (Å²) >= 11 is 6.34. The van der Waals surface area contributed by atoms with Crippen LogP contribution in [0.2, 0.25) is 5.02 Å².